The summed E-state index contributed by atoms with van der Waals surface area (Å²) in [5.74, 6) is 0.938. The molecule has 0 heterocycles. The van der Waals surface area contributed by atoms with Crippen LogP contribution in [-0.4, -0.2) is 0 Å². The average Bonchev–Trinajstić information content (AvgIpc) is 2.12. The van der Waals surface area contributed by atoms with Crippen LogP contribution in [0.5, 0.6) is 0 Å². The van der Waals surface area contributed by atoms with Crippen molar-refractivity contribution in [2.75, 3.05) is 0 Å². The lowest BCUT2D eigenvalue weighted by atomic mass is 9.80. The molecule has 1 aromatic carbocycles. The van der Waals surface area contributed by atoms with Gasteiger partial charge in [0.15, 0.2) is 0 Å². The van der Waals surface area contributed by atoms with Crippen molar-refractivity contribution in [2.45, 2.75) is 32.2 Å². The minimum atomic E-state index is 0.683. The second kappa shape index (κ2) is 3.93. The molecule has 2 rings (SSSR count). The lowest BCUT2D eigenvalue weighted by molar-refractivity contribution is 0.314. The van der Waals surface area contributed by atoms with Gasteiger partial charge in [0.25, 0.3) is 0 Å². The van der Waals surface area contributed by atoms with E-state index in [0.29, 0.717) is 6.54 Å². The first-order chi connectivity index (χ1) is 6.40. The maximum absolute atomic E-state index is 5.69. The van der Waals surface area contributed by atoms with Gasteiger partial charge in [-0.25, -0.2) is 0 Å². The largest absolute Gasteiger partial charge is 0.326 e. The number of hydrogen-bond acceptors (Lipinski definition) is 1. The molecule has 1 aliphatic rings. The standard InChI is InChI=1S/C12H17N/c13-9-12-7-2-1-6-11(12)8-10-4-3-5-10/h1-2,6-7,10H,3-5,8-9,13H2. The molecule has 13 heavy (non-hydrogen) atoms. The van der Waals surface area contributed by atoms with Crippen LogP contribution in [0.3, 0.4) is 0 Å². The van der Waals surface area contributed by atoms with Gasteiger partial charge in [0.2, 0.25) is 0 Å². The van der Waals surface area contributed by atoms with E-state index in [0.717, 1.165) is 5.92 Å². The molecule has 70 valence electrons. The van der Waals surface area contributed by atoms with Crippen LogP contribution in [0.15, 0.2) is 24.3 Å². The Kier molecular flexibility index (Phi) is 2.65. The topological polar surface area (TPSA) is 26.0 Å². The summed E-state index contributed by atoms with van der Waals surface area (Å²) in [7, 11) is 0. The molecule has 0 spiro atoms. The molecule has 1 saturated carbocycles. The molecule has 1 nitrogen and oxygen atoms in total. The quantitative estimate of drug-likeness (QED) is 0.750. The summed E-state index contributed by atoms with van der Waals surface area (Å²) in [6.45, 7) is 0.683. The summed E-state index contributed by atoms with van der Waals surface area (Å²) in [5.41, 5.74) is 8.48. The van der Waals surface area contributed by atoms with Gasteiger partial charge < -0.3 is 5.73 Å². The summed E-state index contributed by atoms with van der Waals surface area (Å²) >= 11 is 0. The van der Waals surface area contributed by atoms with Crippen molar-refractivity contribution in [3.05, 3.63) is 35.4 Å². The highest BCUT2D eigenvalue weighted by molar-refractivity contribution is 5.27. The van der Waals surface area contributed by atoms with Crippen LogP contribution >= 0.6 is 0 Å². The highest BCUT2D eigenvalue weighted by Crippen LogP contribution is 2.30. The van der Waals surface area contributed by atoms with Crippen LogP contribution in [-0.2, 0) is 13.0 Å². The predicted molar refractivity (Wildman–Crippen MR) is 55.4 cm³/mol. The van der Waals surface area contributed by atoms with E-state index in [2.05, 4.69) is 24.3 Å². The molecule has 0 unspecified atom stereocenters. The van der Waals surface area contributed by atoms with Crippen molar-refractivity contribution in [2.24, 2.45) is 11.7 Å². The predicted octanol–water partition coefficient (Wildman–Crippen LogP) is 2.49. The van der Waals surface area contributed by atoms with E-state index in [4.69, 9.17) is 5.73 Å². The van der Waals surface area contributed by atoms with Gasteiger partial charge in [0.1, 0.15) is 0 Å². The van der Waals surface area contributed by atoms with Crippen molar-refractivity contribution in [3.63, 3.8) is 0 Å². The lowest BCUT2D eigenvalue weighted by Crippen LogP contribution is -2.15. The molecule has 1 aliphatic carbocycles. The Bertz CT molecular complexity index is 276. The van der Waals surface area contributed by atoms with E-state index in [1.165, 1.54) is 36.8 Å². The van der Waals surface area contributed by atoms with Crippen molar-refractivity contribution >= 4 is 0 Å². The van der Waals surface area contributed by atoms with E-state index in [1.54, 1.807) is 0 Å². The molecule has 2 N–H and O–H groups in total. The minimum Gasteiger partial charge on any atom is -0.326 e. The molecule has 0 atom stereocenters. The molecule has 0 bridgehead atoms. The smallest absolute Gasteiger partial charge is 0.0180 e. The molecular formula is C12H17N. The molecule has 0 aromatic heterocycles. The fourth-order valence-corrected chi connectivity index (χ4v) is 1.96. The monoisotopic (exact) mass is 175 g/mol. The van der Waals surface area contributed by atoms with Gasteiger partial charge in [0.05, 0.1) is 0 Å². The van der Waals surface area contributed by atoms with Gasteiger partial charge in [-0.1, -0.05) is 43.5 Å². The van der Waals surface area contributed by atoms with E-state index < -0.39 is 0 Å². The maximum Gasteiger partial charge on any atom is 0.0180 e. The van der Waals surface area contributed by atoms with Crippen LogP contribution in [0, 0.1) is 5.92 Å². The zero-order chi connectivity index (χ0) is 9.10. The highest BCUT2D eigenvalue weighted by atomic mass is 14.5. The van der Waals surface area contributed by atoms with Gasteiger partial charge >= 0.3 is 0 Å². The van der Waals surface area contributed by atoms with Gasteiger partial charge in [-0.3, -0.25) is 0 Å². The first-order valence-electron chi connectivity index (χ1n) is 5.17. The van der Waals surface area contributed by atoms with Gasteiger partial charge in [-0.05, 0) is 23.5 Å². The van der Waals surface area contributed by atoms with Crippen LogP contribution in [0.2, 0.25) is 0 Å². The van der Waals surface area contributed by atoms with Crippen molar-refractivity contribution in [1.29, 1.82) is 0 Å². The second-order valence-corrected chi connectivity index (χ2v) is 3.97. The third kappa shape index (κ3) is 1.92. The van der Waals surface area contributed by atoms with Crippen LogP contribution < -0.4 is 5.73 Å². The third-order valence-corrected chi connectivity index (χ3v) is 3.07. The molecule has 1 heteroatoms. The first kappa shape index (κ1) is 8.76. The fourth-order valence-electron chi connectivity index (χ4n) is 1.96. The van der Waals surface area contributed by atoms with Crippen molar-refractivity contribution in [3.8, 4) is 0 Å². The molecule has 0 aliphatic heterocycles. The zero-order valence-corrected chi connectivity index (χ0v) is 8.00. The molecule has 1 aromatic rings. The number of nitrogens with two attached hydrogens (primary N) is 1. The Morgan fingerprint density at radius 3 is 2.38 bits per heavy atom. The first-order valence-corrected chi connectivity index (χ1v) is 5.17. The number of benzene rings is 1. The van der Waals surface area contributed by atoms with Gasteiger partial charge in [-0.2, -0.15) is 0 Å². The minimum absolute atomic E-state index is 0.683. The van der Waals surface area contributed by atoms with E-state index >= 15 is 0 Å². The van der Waals surface area contributed by atoms with Crippen molar-refractivity contribution < 1.29 is 0 Å². The number of hydrogen-bond donors (Lipinski definition) is 1. The summed E-state index contributed by atoms with van der Waals surface area (Å²) < 4.78 is 0. The van der Waals surface area contributed by atoms with Crippen LogP contribution in [0.4, 0.5) is 0 Å². The van der Waals surface area contributed by atoms with E-state index in [-0.39, 0.29) is 0 Å². The van der Waals surface area contributed by atoms with Crippen LogP contribution in [0.25, 0.3) is 0 Å². The maximum atomic E-state index is 5.69. The molecule has 0 saturated heterocycles. The summed E-state index contributed by atoms with van der Waals surface area (Å²) in [6.07, 6.45) is 5.50. The summed E-state index contributed by atoms with van der Waals surface area (Å²) in [4.78, 5) is 0. The highest BCUT2D eigenvalue weighted by Gasteiger charge is 2.18. The van der Waals surface area contributed by atoms with E-state index in [1.807, 2.05) is 0 Å². The van der Waals surface area contributed by atoms with Gasteiger partial charge in [-0.15, -0.1) is 0 Å². The number of rotatable bonds is 3. The van der Waals surface area contributed by atoms with Crippen LogP contribution in [0.1, 0.15) is 30.4 Å². The SMILES string of the molecule is NCc1ccccc1CC1CCC1. The Hall–Kier alpha value is -0.820. The fraction of sp³-hybridized carbons (Fsp3) is 0.500. The Morgan fingerprint density at radius 1 is 1.15 bits per heavy atom. The Balaban J connectivity index is 2.08. The molecular weight excluding hydrogens is 158 g/mol. The second-order valence-electron chi connectivity index (χ2n) is 3.97. The Morgan fingerprint density at radius 2 is 1.85 bits per heavy atom. The normalized spacial score (nSPS) is 17.0. The molecule has 0 radical (unpaired) electrons. The zero-order valence-electron chi connectivity index (χ0n) is 8.00. The molecule has 0 amide bonds. The Labute approximate surface area is 80.0 Å². The lowest BCUT2D eigenvalue weighted by Gasteiger charge is -2.26. The van der Waals surface area contributed by atoms with Crippen molar-refractivity contribution in [1.82, 2.24) is 0 Å². The molecule has 1 fully saturated rings. The summed E-state index contributed by atoms with van der Waals surface area (Å²) in [5, 5.41) is 0. The average molecular weight is 175 g/mol. The van der Waals surface area contributed by atoms with Gasteiger partial charge in [0, 0.05) is 6.54 Å². The summed E-state index contributed by atoms with van der Waals surface area (Å²) in [6, 6.07) is 8.56. The third-order valence-electron chi connectivity index (χ3n) is 3.07. The van der Waals surface area contributed by atoms with E-state index in [9.17, 15) is 0 Å².